The summed E-state index contributed by atoms with van der Waals surface area (Å²) in [6.07, 6.45) is 0. The van der Waals surface area contributed by atoms with E-state index in [2.05, 4.69) is 10.6 Å². The van der Waals surface area contributed by atoms with E-state index in [1.165, 1.54) is 24.3 Å². The summed E-state index contributed by atoms with van der Waals surface area (Å²) < 4.78 is 12.8. The Morgan fingerprint density at radius 1 is 1.19 bits per heavy atom. The van der Waals surface area contributed by atoms with Crippen molar-refractivity contribution in [3.63, 3.8) is 0 Å². The molecule has 2 N–H and O–H groups in total. The lowest BCUT2D eigenvalue weighted by atomic mass is 10.1. The molecule has 5 heteroatoms. The number of hydrogen-bond donors (Lipinski definition) is 2. The molecule has 0 spiro atoms. The first kappa shape index (κ1) is 15.3. The third kappa shape index (κ3) is 4.20. The van der Waals surface area contributed by atoms with Crippen LogP contribution in [-0.4, -0.2) is 12.5 Å². The monoisotopic (exact) mass is 306 g/mol. The fourth-order valence-electron chi connectivity index (χ4n) is 2.05. The minimum absolute atomic E-state index is 0.0843. The van der Waals surface area contributed by atoms with Crippen LogP contribution < -0.4 is 10.6 Å². The van der Waals surface area contributed by atoms with Crippen LogP contribution in [0.15, 0.2) is 36.4 Å². The van der Waals surface area contributed by atoms with E-state index in [1.54, 1.807) is 0 Å². The maximum atomic E-state index is 12.8. The lowest BCUT2D eigenvalue weighted by Gasteiger charge is -2.12. The van der Waals surface area contributed by atoms with Gasteiger partial charge in [0.2, 0.25) is 5.91 Å². The first-order chi connectivity index (χ1) is 9.95. The fourth-order valence-corrected chi connectivity index (χ4v) is 2.43. The van der Waals surface area contributed by atoms with Crippen molar-refractivity contribution in [2.75, 3.05) is 17.2 Å². The highest BCUT2D eigenvalue weighted by molar-refractivity contribution is 6.33. The standard InChI is InChI=1S/C16H16ClFN2O/c1-10-7-11(2)16(14(17)8-10)19-9-15(21)20-13-5-3-12(18)4-6-13/h3-8,19H,9H2,1-2H3,(H,20,21). The first-order valence-corrected chi connectivity index (χ1v) is 6.89. The molecule has 0 heterocycles. The van der Waals surface area contributed by atoms with Gasteiger partial charge in [-0.1, -0.05) is 17.7 Å². The molecular weight excluding hydrogens is 291 g/mol. The zero-order valence-electron chi connectivity index (χ0n) is 11.8. The summed E-state index contributed by atoms with van der Waals surface area (Å²) in [5.41, 5.74) is 3.35. The van der Waals surface area contributed by atoms with Crippen LogP contribution in [0.5, 0.6) is 0 Å². The molecule has 0 aliphatic heterocycles. The minimum Gasteiger partial charge on any atom is -0.375 e. The average molecular weight is 307 g/mol. The third-order valence-corrected chi connectivity index (χ3v) is 3.28. The summed E-state index contributed by atoms with van der Waals surface area (Å²) in [5, 5.41) is 6.29. The molecule has 3 nitrogen and oxygen atoms in total. The summed E-state index contributed by atoms with van der Waals surface area (Å²) in [6.45, 7) is 3.98. The maximum absolute atomic E-state index is 12.8. The quantitative estimate of drug-likeness (QED) is 0.891. The molecule has 0 aromatic heterocycles. The summed E-state index contributed by atoms with van der Waals surface area (Å²) in [7, 11) is 0. The molecular formula is C16H16ClFN2O. The van der Waals surface area contributed by atoms with E-state index in [1.807, 2.05) is 26.0 Å². The molecule has 21 heavy (non-hydrogen) atoms. The molecule has 0 saturated heterocycles. The van der Waals surface area contributed by atoms with Gasteiger partial charge in [0.25, 0.3) is 0 Å². The van der Waals surface area contributed by atoms with Crippen LogP contribution >= 0.6 is 11.6 Å². The van der Waals surface area contributed by atoms with Gasteiger partial charge in [0.15, 0.2) is 0 Å². The Bertz CT molecular complexity index is 633. The Kier molecular flexibility index (Phi) is 4.81. The number of hydrogen-bond acceptors (Lipinski definition) is 2. The smallest absolute Gasteiger partial charge is 0.243 e. The Labute approximate surface area is 128 Å². The van der Waals surface area contributed by atoms with Crippen LogP contribution in [0, 0.1) is 19.7 Å². The number of halogens is 2. The second-order valence-corrected chi connectivity index (χ2v) is 5.25. The molecule has 0 bridgehead atoms. The summed E-state index contributed by atoms with van der Waals surface area (Å²) >= 11 is 6.16. The van der Waals surface area contributed by atoms with Crippen molar-refractivity contribution < 1.29 is 9.18 Å². The molecule has 1 amide bonds. The first-order valence-electron chi connectivity index (χ1n) is 6.52. The summed E-state index contributed by atoms with van der Waals surface area (Å²) in [4.78, 5) is 11.8. The number of carbonyl (C=O) groups is 1. The predicted molar refractivity (Wildman–Crippen MR) is 84.4 cm³/mol. The highest BCUT2D eigenvalue weighted by Gasteiger charge is 2.08. The predicted octanol–water partition coefficient (Wildman–Crippen LogP) is 4.15. The Morgan fingerprint density at radius 2 is 1.86 bits per heavy atom. The third-order valence-electron chi connectivity index (χ3n) is 2.99. The molecule has 0 aliphatic rings. The van der Waals surface area contributed by atoms with Gasteiger partial charge in [0.1, 0.15) is 5.82 Å². The average Bonchev–Trinajstić information content (AvgIpc) is 2.40. The van der Waals surface area contributed by atoms with E-state index in [-0.39, 0.29) is 18.3 Å². The van der Waals surface area contributed by atoms with Gasteiger partial charge in [0.05, 0.1) is 17.3 Å². The molecule has 2 rings (SSSR count). The van der Waals surface area contributed by atoms with Crippen LogP contribution in [-0.2, 0) is 4.79 Å². The van der Waals surface area contributed by atoms with Crippen LogP contribution in [0.3, 0.4) is 0 Å². The Hall–Kier alpha value is -2.07. The van der Waals surface area contributed by atoms with Crippen molar-refractivity contribution in [3.8, 4) is 0 Å². The van der Waals surface area contributed by atoms with Crippen LogP contribution in [0.25, 0.3) is 0 Å². The molecule has 2 aromatic rings. The van der Waals surface area contributed by atoms with Crippen molar-refractivity contribution >= 4 is 28.9 Å². The van der Waals surface area contributed by atoms with Crippen molar-refractivity contribution in [1.29, 1.82) is 0 Å². The van der Waals surface area contributed by atoms with Gasteiger partial charge >= 0.3 is 0 Å². The van der Waals surface area contributed by atoms with Gasteiger partial charge in [-0.15, -0.1) is 0 Å². The number of benzene rings is 2. The number of anilines is 2. The second-order valence-electron chi connectivity index (χ2n) is 4.85. The van der Waals surface area contributed by atoms with Crippen LogP contribution in [0.4, 0.5) is 15.8 Å². The van der Waals surface area contributed by atoms with Gasteiger partial charge in [-0.25, -0.2) is 4.39 Å². The molecule has 2 aromatic carbocycles. The highest BCUT2D eigenvalue weighted by Crippen LogP contribution is 2.27. The van der Waals surface area contributed by atoms with Gasteiger partial charge in [0, 0.05) is 5.69 Å². The van der Waals surface area contributed by atoms with E-state index in [9.17, 15) is 9.18 Å². The molecule has 0 aliphatic carbocycles. The summed E-state index contributed by atoms with van der Waals surface area (Å²) in [6, 6.07) is 9.45. The van der Waals surface area contributed by atoms with Gasteiger partial charge in [-0.05, 0) is 55.3 Å². The number of amides is 1. The summed E-state index contributed by atoms with van der Waals surface area (Å²) in [5.74, 6) is -0.564. The van der Waals surface area contributed by atoms with Crippen molar-refractivity contribution in [3.05, 3.63) is 58.4 Å². The van der Waals surface area contributed by atoms with Crippen molar-refractivity contribution in [1.82, 2.24) is 0 Å². The molecule has 110 valence electrons. The number of aryl methyl sites for hydroxylation is 2. The van der Waals surface area contributed by atoms with Crippen LogP contribution in [0.1, 0.15) is 11.1 Å². The Balaban J connectivity index is 1.97. The van der Waals surface area contributed by atoms with E-state index < -0.39 is 0 Å². The topological polar surface area (TPSA) is 41.1 Å². The van der Waals surface area contributed by atoms with Crippen LogP contribution in [0.2, 0.25) is 5.02 Å². The van der Waals surface area contributed by atoms with Gasteiger partial charge < -0.3 is 10.6 Å². The lowest BCUT2D eigenvalue weighted by molar-refractivity contribution is -0.114. The molecule has 0 atom stereocenters. The molecule has 0 saturated carbocycles. The van der Waals surface area contributed by atoms with Crippen molar-refractivity contribution in [2.45, 2.75) is 13.8 Å². The number of carbonyl (C=O) groups excluding carboxylic acids is 1. The minimum atomic E-state index is -0.340. The SMILES string of the molecule is Cc1cc(C)c(NCC(=O)Nc2ccc(F)cc2)c(Cl)c1. The maximum Gasteiger partial charge on any atom is 0.243 e. The number of nitrogens with one attached hydrogen (secondary N) is 2. The van der Waals surface area contributed by atoms with Gasteiger partial charge in [-0.3, -0.25) is 4.79 Å². The molecule has 0 radical (unpaired) electrons. The van der Waals surface area contributed by atoms with Gasteiger partial charge in [-0.2, -0.15) is 0 Å². The highest BCUT2D eigenvalue weighted by atomic mass is 35.5. The molecule has 0 unspecified atom stereocenters. The largest absolute Gasteiger partial charge is 0.375 e. The van der Waals surface area contributed by atoms with E-state index in [0.29, 0.717) is 10.7 Å². The zero-order chi connectivity index (χ0) is 15.4. The number of rotatable bonds is 4. The Morgan fingerprint density at radius 3 is 2.48 bits per heavy atom. The van der Waals surface area contributed by atoms with E-state index >= 15 is 0 Å². The molecule has 0 fully saturated rings. The normalized spacial score (nSPS) is 10.3. The fraction of sp³-hybridized carbons (Fsp3) is 0.188. The van der Waals surface area contributed by atoms with Crippen molar-refractivity contribution in [2.24, 2.45) is 0 Å². The zero-order valence-corrected chi connectivity index (χ0v) is 12.6. The second kappa shape index (κ2) is 6.59. The van der Waals surface area contributed by atoms with E-state index in [0.717, 1.165) is 16.8 Å². The lowest BCUT2D eigenvalue weighted by Crippen LogP contribution is -2.22. The van der Waals surface area contributed by atoms with E-state index in [4.69, 9.17) is 11.6 Å².